The van der Waals surface area contributed by atoms with E-state index in [1.807, 2.05) is 10.6 Å². The van der Waals surface area contributed by atoms with Gasteiger partial charge >= 0.3 is 6.18 Å². The molecule has 1 aromatic heterocycles. The second-order valence-corrected chi connectivity index (χ2v) is 5.12. The SMILES string of the molecule is NCC1CCn2c(cc3cccc(C(F)(F)F)c32)C1. The maximum absolute atomic E-state index is 13.1. The molecule has 0 amide bonds. The zero-order valence-corrected chi connectivity index (χ0v) is 10.4. The lowest BCUT2D eigenvalue weighted by molar-refractivity contribution is -0.136. The number of benzene rings is 1. The molecule has 0 fully saturated rings. The number of nitrogens with zero attached hydrogens (tertiary/aromatic N) is 1. The number of nitrogens with two attached hydrogens (primary N) is 1. The third kappa shape index (κ3) is 2.02. The van der Waals surface area contributed by atoms with Crippen molar-refractivity contribution in [1.29, 1.82) is 0 Å². The predicted octanol–water partition coefficient (Wildman–Crippen LogP) is 3.18. The fourth-order valence-electron chi connectivity index (χ4n) is 2.94. The molecule has 1 aromatic carbocycles. The normalized spacial score (nSPS) is 19.7. The van der Waals surface area contributed by atoms with Crippen molar-refractivity contribution in [3.8, 4) is 0 Å². The monoisotopic (exact) mass is 268 g/mol. The number of aromatic nitrogens is 1. The summed E-state index contributed by atoms with van der Waals surface area (Å²) in [6.45, 7) is 1.21. The molecule has 19 heavy (non-hydrogen) atoms. The topological polar surface area (TPSA) is 30.9 Å². The molecular formula is C14H15F3N2. The van der Waals surface area contributed by atoms with E-state index >= 15 is 0 Å². The highest BCUT2D eigenvalue weighted by atomic mass is 19.4. The highest BCUT2D eigenvalue weighted by Gasteiger charge is 2.34. The van der Waals surface area contributed by atoms with Gasteiger partial charge in [0, 0.05) is 17.6 Å². The Balaban J connectivity index is 2.20. The van der Waals surface area contributed by atoms with Gasteiger partial charge in [0.2, 0.25) is 0 Å². The standard InChI is InChI=1S/C14H15F3N2/c15-14(16,17)12-3-1-2-10-7-11-6-9(8-18)4-5-19(11)13(10)12/h1-3,7,9H,4-6,8,18H2. The predicted molar refractivity (Wildman–Crippen MR) is 67.8 cm³/mol. The maximum atomic E-state index is 13.1. The minimum absolute atomic E-state index is 0.320. The first-order valence-electron chi connectivity index (χ1n) is 6.39. The summed E-state index contributed by atoms with van der Waals surface area (Å²) in [7, 11) is 0. The van der Waals surface area contributed by atoms with Gasteiger partial charge in [-0.3, -0.25) is 0 Å². The molecule has 2 aromatic rings. The minimum atomic E-state index is -4.31. The molecule has 102 valence electrons. The average Bonchev–Trinajstić information content (AvgIpc) is 2.74. The molecule has 1 aliphatic heterocycles. The Morgan fingerprint density at radius 3 is 2.79 bits per heavy atom. The molecule has 1 aliphatic rings. The minimum Gasteiger partial charge on any atom is -0.344 e. The summed E-state index contributed by atoms with van der Waals surface area (Å²) in [4.78, 5) is 0. The number of aryl methyl sites for hydroxylation is 1. The van der Waals surface area contributed by atoms with Crippen LogP contribution in [-0.4, -0.2) is 11.1 Å². The highest BCUT2D eigenvalue weighted by Crippen LogP contribution is 2.37. The Bertz CT molecular complexity index is 613. The van der Waals surface area contributed by atoms with Crippen molar-refractivity contribution in [1.82, 2.24) is 4.57 Å². The van der Waals surface area contributed by atoms with Crippen LogP contribution in [0.5, 0.6) is 0 Å². The van der Waals surface area contributed by atoms with Gasteiger partial charge in [-0.25, -0.2) is 0 Å². The molecule has 0 saturated heterocycles. The summed E-state index contributed by atoms with van der Waals surface area (Å²) in [5.41, 5.74) is 6.41. The Hall–Kier alpha value is -1.49. The van der Waals surface area contributed by atoms with E-state index in [1.54, 1.807) is 6.07 Å². The van der Waals surface area contributed by atoms with Crippen molar-refractivity contribution in [2.75, 3.05) is 6.54 Å². The van der Waals surface area contributed by atoms with Crippen LogP contribution in [-0.2, 0) is 19.1 Å². The van der Waals surface area contributed by atoms with Crippen molar-refractivity contribution >= 4 is 10.9 Å². The van der Waals surface area contributed by atoms with Gasteiger partial charge in [-0.05, 0) is 37.4 Å². The number of hydrogen-bond donors (Lipinski definition) is 1. The van der Waals surface area contributed by atoms with Crippen LogP contribution in [0.2, 0.25) is 0 Å². The van der Waals surface area contributed by atoms with E-state index in [0.29, 0.717) is 29.9 Å². The fourth-order valence-corrected chi connectivity index (χ4v) is 2.94. The van der Waals surface area contributed by atoms with Gasteiger partial charge in [0.25, 0.3) is 0 Å². The summed E-state index contributed by atoms with van der Waals surface area (Å²) >= 11 is 0. The average molecular weight is 268 g/mol. The van der Waals surface area contributed by atoms with Gasteiger partial charge in [0.05, 0.1) is 11.1 Å². The fraction of sp³-hybridized carbons (Fsp3) is 0.429. The number of hydrogen-bond acceptors (Lipinski definition) is 1. The van der Waals surface area contributed by atoms with E-state index in [-0.39, 0.29) is 0 Å². The second kappa shape index (κ2) is 4.27. The first-order valence-corrected chi connectivity index (χ1v) is 6.39. The smallest absolute Gasteiger partial charge is 0.344 e. The van der Waals surface area contributed by atoms with Crippen molar-refractivity contribution in [3.05, 3.63) is 35.5 Å². The summed E-state index contributed by atoms with van der Waals surface area (Å²) in [5.74, 6) is 0.381. The Morgan fingerprint density at radius 2 is 2.11 bits per heavy atom. The van der Waals surface area contributed by atoms with Crippen LogP contribution in [0.4, 0.5) is 13.2 Å². The van der Waals surface area contributed by atoms with Gasteiger partial charge in [0.1, 0.15) is 0 Å². The summed E-state index contributed by atoms with van der Waals surface area (Å²) < 4.78 is 41.0. The molecule has 0 bridgehead atoms. The lowest BCUT2D eigenvalue weighted by Crippen LogP contribution is -2.25. The molecule has 2 N–H and O–H groups in total. The third-order valence-corrected chi connectivity index (χ3v) is 3.90. The van der Waals surface area contributed by atoms with Crippen molar-refractivity contribution in [2.24, 2.45) is 11.7 Å². The van der Waals surface area contributed by atoms with Gasteiger partial charge in [-0.1, -0.05) is 12.1 Å². The summed E-state index contributed by atoms with van der Waals surface area (Å²) in [5, 5.41) is 0.669. The maximum Gasteiger partial charge on any atom is 0.418 e. The van der Waals surface area contributed by atoms with Crippen molar-refractivity contribution in [3.63, 3.8) is 0 Å². The summed E-state index contributed by atoms with van der Waals surface area (Å²) in [6, 6.07) is 6.24. The van der Waals surface area contributed by atoms with Gasteiger partial charge in [0.15, 0.2) is 0 Å². The van der Waals surface area contributed by atoms with E-state index in [2.05, 4.69) is 0 Å². The van der Waals surface area contributed by atoms with Gasteiger partial charge in [-0.15, -0.1) is 0 Å². The Morgan fingerprint density at radius 1 is 1.32 bits per heavy atom. The molecule has 0 spiro atoms. The molecule has 2 heterocycles. The molecule has 3 rings (SSSR count). The number of alkyl halides is 3. The molecule has 1 atom stereocenters. The summed E-state index contributed by atoms with van der Waals surface area (Å²) in [6.07, 6.45) is -2.69. The molecule has 0 radical (unpaired) electrons. The van der Waals surface area contributed by atoms with Crippen LogP contribution in [0.3, 0.4) is 0 Å². The van der Waals surface area contributed by atoms with Crippen LogP contribution in [0.25, 0.3) is 10.9 Å². The molecule has 5 heteroatoms. The van der Waals surface area contributed by atoms with E-state index < -0.39 is 11.7 Å². The van der Waals surface area contributed by atoms with Crippen molar-refractivity contribution < 1.29 is 13.2 Å². The van der Waals surface area contributed by atoms with E-state index in [0.717, 1.165) is 24.6 Å². The molecule has 2 nitrogen and oxygen atoms in total. The van der Waals surface area contributed by atoms with E-state index in [9.17, 15) is 13.2 Å². The Kier molecular flexibility index (Phi) is 2.82. The first-order chi connectivity index (χ1) is 9.00. The molecular weight excluding hydrogens is 253 g/mol. The zero-order valence-electron chi connectivity index (χ0n) is 10.4. The van der Waals surface area contributed by atoms with Gasteiger partial charge < -0.3 is 10.3 Å². The second-order valence-electron chi connectivity index (χ2n) is 5.12. The number of rotatable bonds is 1. The van der Waals surface area contributed by atoms with Crippen LogP contribution in [0, 0.1) is 5.92 Å². The first kappa shape index (κ1) is 12.5. The zero-order chi connectivity index (χ0) is 13.6. The molecule has 1 unspecified atom stereocenters. The third-order valence-electron chi connectivity index (χ3n) is 3.90. The Labute approximate surface area is 109 Å². The number of halogens is 3. The van der Waals surface area contributed by atoms with Crippen LogP contribution in [0.15, 0.2) is 24.3 Å². The van der Waals surface area contributed by atoms with Crippen LogP contribution >= 0.6 is 0 Å². The van der Waals surface area contributed by atoms with Crippen LogP contribution < -0.4 is 5.73 Å². The highest BCUT2D eigenvalue weighted by molar-refractivity contribution is 5.85. The quantitative estimate of drug-likeness (QED) is 0.846. The molecule has 0 aliphatic carbocycles. The van der Waals surface area contributed by atoms with Crippen LogP contribution in [0.1, 0.15) is 17.7 Å². The lowest BCUT2D eigenvalue weighted by Gasteiger charge is -2.24. The van der Waals surface area contributed by atoms with Crippen molar-refractivity contribution in [2.45, 2.75) is 25.6 Å². The van der Waals surface area contributed by atoms with Gasteiger partial charge in [-0.2, -0.15) is 13.2 Å². The molecule has 0 saturated carbocycles. The van der Waals surface area contributed by atoms with E-state index in [1.165, 1.54) is 6.07 Å². The van der Waals surface area contributed by atoms with E-state index in [4.69, 9.17) is 5.73 Å². The largest absolute Gasteiger partial charge is 0.418 e. The number of para-hydroxylation sites is 1. The lowest BCUT2D eigenvalue weighted by atomic mass is 9.96. The number of fused-ring (bicyclic) bond motifs is 3.